The van der Waals surface area contributed by atoms with Crippen molar-refractivity contribution in [2.24, 2.45) is 5.92 Å². The topological polar surface area (TPSA) is 49.9 Å². The van der Waals surface area contributed by atoms with Gasteiger partial charge in [0.05, 0.1) is 12.6 Å². The van der Waals surface area contributed by atoms with E-state index in [9.17, 15) is 4.79 Å². The number of rotatable bonds is 8. The predicted octanol–water partition coefficient (Wildman–Crippen LogP) is 7.35. The largest absolute Gasteiger partial charge is 0.381 e. The van der Waals surface area contributed by atoms with Crippen molar-refractivity contribution in [1.82, 2.24) is 4.90 Å². The molecule has 2 heterocycles. The molecule has 2 unspecified atom stereocenters. The van der Waals surface area contributed by atoms with Crippen LogP contribution in [0.15, 0.2) is 67.8 Å². The third-order valence-electron chi connectivity index (χ3n) is 7.09. The molecule has 0 bridgehead atoms. The fourth-order valence-corrected chi connectivity index (χ4v) is 5.34. The van der Waals surface area contributed by atoms with E-state index in [0.29, 0.717) is 18.6 Å². The zero-order valence-electron chi connectivity index (χ0n) is 23.8. The summed E-state index contributed by atoms with van der Waals surface area (Å²) >= 11 is 0. The van der Waals surface area contributed by atoms with E-state index in [4.69, 9.17) is 4.79 Å². The van der Waals surface area contributed by atoms with Gasteiger partial charge in [-0.2, -0.15) is 0 Å². The number of methoxy groups -OCH3 is 1. The smallest absolute Gasteiger partial charge is 0.253 e. The molecule has 2 aliphatic heterocycles. The summed E-state index contributed by atoms with van der Waals surface area (Å²) in [6, 6.07) is 17.4. The monoisotopic (exact) mass is 518 g/mol. The number of aldehydes is 1. The van der Waals surface area contributed by atoms with Crippen LogP contribution in [0.1, 0.15) is 80.4 Å². The molecule has 206 valence electrons. The van der Waals surface area contributed by atoms with Crippen molar-refractivity contribution in [2.45, 2.75) is 58.9 Å². The lowest BCUT2D eigenvalue weighted by Crippen LogP contribution is -2.38. The highest BCUT2D eigenvalue weighted by atomic mass is 16.5. The van der Waals surface area contributed by atoms with Gasteiger partial charge in [-0.15, -0.1) is 6.58 Å². The molecule has 0 spiro atoms. The van der Waals surface area contributed by atoms with Gasteiger partial charge in [-0.25, -0.2) is 0 Å². The van der Waals surface area contributed by atoms with Crippen LogP contribution in [0.5, 0.6) is 0 Å². The molecule has 1 amide bonds. The molecule has 0 N–H and O–H groups in total. The van der Waals surface area contributed by atoms with Crippen LogP contribution in [0.3, 0.4) is 0 Å². The molecule has 5 heteroatoms. The minimum atomic E-state index is 0.168. The third-order valence-corrected chi connectivity index (χ3v) is 7.09. The Hall–Kier alpha value is -3.18. The van der Waals surface area contributed by atoms with Gasteiger partial charge in [-0.05, 0) is 62.4 Å². The minimum absolute atomic E-state index is 0.168. The summed E-state index contributed by atoms with van der Waals surface area (Å²) in [6.45, 7) is 17.3. The van der Waals surface area contributed by atoms with E-state index in [1.807, 2.05) is 11.0 Å². The van der Waals surface area contributed by atoms with Gasteiger partial charge in [-0.1, -0.05) is 62.8 Å². The Labute approximate surface area is 230 Å². The van der Waals surface area contributed by atoms with Gasteiger partial charge in [-0.3, -0.25) is 4.79 Å². The predicted molar refractivity (Wildman–Crippen MR) is 160 cm³/mol. The molecule has 1 fully saturated rings. The van der Waals surface area contributed by atoms with Gasteiger partial charge in [0.2, 0.25) is 0 Å². The second-order valence-corrected chi connectivity index (χ2v) is 9.63. The van der Waals surface area contributed by atoms with Crippen molar-refractivity contribution in [1.29, 1.82) is 0 Å². The van der Waals surface area contributed by atoms with E-state index >= 15 is 0 Å². The summed E-state index contributed by atoms with van der Waals surface area (Å²) in [5.74, 6) is 0.526. The zero-order chi connectivity index (χ0) is 27.9. The van der Waals surface area contributed by atoms with Gasteiger partial charge in [0.1, 0.15) is 6.29 Å². The lowest BCUT2D eigenvalue weighted by molar-refractivity contribution is -0.106. The number of fused-ring (bicyclic) bond motifs is 1. The molecular formula is C33H46N2O3. The highest BCUT2D eigenvalue weighted by Crippen LogP contribution is 2.49. The zero-order valence-corrected chi connectivity index (χ0v) is 23.8. The molecular weight excluding hydrogens is 472 g/mol. The summed E-state index contributed by atoms with van der Waals surface area (Å²) in [5.41, 5.74) is 5.72. The van der Waals surface area contributed by atoms with Crippen LogP contribution in [0.2, 0.25) is 0 Å². The maximum absolute atomic E-state index is 13.0. The number of amides is 1. The second kappa shape index (κ2) is 16.6. The molecule has 38 heavy (non-hydrogen) atoms. The van der Waals surface area contributed by atoms with Gasteiger partial charge < -0.3 is 19.3 Å². The Balaban J connectivity index is 0.000000559. The first-order chi connectivity index (χ1) is 18.5. The number of ether oxygens (including phenoxy) is 1. The fourth-order valence-electron chi connectivity index (χ4n) is 5.34. The maximum atomic E-state index is 13.0. The first kappa shape index (κ1) is 31.0. The summed E-state index contributed by atoms with van der Waals surface area (Å²) in [5, 5.41) is 0. The lowest BCUT2D eigenvalue weighted by Gasteiger charge is -2.45. The quantitative estimate of drug-likeness (QED) is 0.271. The summed E-state index contributed by atoms with van der Waals surface area (Å²) in [6.07, 6.45) is 8.18. The number of hydrogen-bond acceptors (Lipinski definition) is 4. The van der Waals surface area contributed by atoms with Crippen LogP contribution in [0, 0.1) is 5.92 Å². The van der Waals surface area contributed by atoms with E-state index in [1.165, 1.54) is 36.6 Å². The number of carbonyl (C=O) groups is 2. The SMILES string of the molecule is C=C1c2cc(C(=O)N3CCCC3)ccc2N(CC)C(c2ccccc2)C1CCCC.C=CCOC.CC=O. The fraction of sp³-hybridized carbons (Fsp3) is 0.455. The average Bonchev–Trinajstić information content (AvgIpc) is 3.49. The van der Waals surface area contributed by atoms with Gasteiger partial charge in [0.15, 0.2) is 0 Å². The molecule has 2 atom stereocenters. The molecule has 0 saturated carbocycles. The summed E-state index contributed by atoms with van der Waals surface area (Å²) in [7, 11) is 1.64. The number of unbranched alkanes of at least 4 members (excludes halogenated alkanes) is 1. The number of nitrogens with zero attached hydrogens (tertiary/aromatic N) is 2. The molecule has 1 saturated heterocycles. The first-order valence-electron chi connectivity index (χ1n) is 13.9. The van der Waals surface area contributed by atoms with Crippen LogP contribution in [-0.4, -0.2) is 50.4 Å². The standard InChI is InChI=1S/C27H34N2O.C4H8O.C2H4O/c1-4-6-14-23-20(3)24-19-22(27(30)28-17-10-11-18-28)15-16-25(24)29(5-2)26(23)21-12-8-7-9-13-21;1-3-4-5-2;1-2-3/h7-9,12-13,15-16,19,23,26H,3-6,10-11,14,17-18H2,1-2H3;3H,1,4H2,2H3;2H,1H3. The molecule has 2 aromatic rings. The van der Waals surface area contributed by atoms with Crippen molar-refractivity contribution in [3.63, 3.8) is 0 Å². The number of hydrogen-bond donors (Lipinski definition) is 0. The van der Waals surface area contributed by atoms with Crippen molar-refractivity contribution in [3.05, 3.63) is 84.5 Å². The van der Waals surface area contributed by atoms with Crippen molar-refractivity contribution >= 4 is 23.5 Å². The number of carbonyl (C=O) groups excluding carboxylic acids is 2. The molecule has 2 aromatic carbocycles. The van der Waals surface area contributed by atoms with Crippen molar-refractivity contribution in [3.8, 4) is 0 Å². The Morgan fingerprint density at radius 1 is 1.11 bits per heavy atom. The minimum Gasteiger partial charge on any atom is -0.381 e. The molecule has 0 aromatic heterocycles. The summed E-state index contributed by atoms with van der Waals surface area (Å²) < 4.78 is 4.57. The normalized spacial score (nSPS) is 17.9. The van der Waals surface area contributed by atoms with Crippen LogP contribution < -0.4 is 4.90 Å². The molecule has 4 rings (SSSR count). The highest BCUT2D eigenvalue weighted by Gasteiger charge is 2.37. The average molecular weight is 519 g/mol. The Kier molecular flexibility index (Phi) is 13.6. The Morgan fingerprint density at radius 3 is 2.29 bits per heavy atom. The second-order valence-electron chi connectivity index (χ2n) is 9.63. The van der Waals surface area contributed by atoms with Crippen molar-refractivity contribution in [2.75, 3.05) is 38.3 Å². The summed E-state index contributed by atoms with van der Waals surface area (Å²) in [4.78, 5) is 26.3. The molecule has 2 aliphatic rings. The molecule has 5 nitrogen and oxygen atoms in total. The highest BCUT2D eigenvalue weighted by molar-refractivity contribution is 5.97. The Morgan fingerprint density at radius 2 is 1.76 bits per heavy atom. The third kappa shape index (κ3) is 7.91. The van der Waals surface area contributed by atoms with E-state index < -0.39 is 0 Å². The van der Waals surface area contributed by atoms with E-state index in [0.717, 1.165) is 56.3 Å². The van der Waals surface area contributed by atoms with Crippen molar-refractivity contribution < 1.29 is 14.3 Å². The van der Waals surface area contributed by atoms with Gasteiger partial charge in [0, 0.05) is 49.5 Å². The lowest BCUT2D eigenvalue weighted by atomic mass is 9.76. The van der Waals surface area contributed by atoms with Gasteiger partial charge in [0.25, 0.3) is 5.91 Å². The van der Waals surface area contributed by atoms with Crippen LogP contribution in [-0.2, 0) is 9.53 Å². The molecule has 0 aliphatic carbocycles. The van der Waals surface area contributed by atoms with Crippen LogP contribution in [0.25, 0.3) is 5.57 Å². The maximum Gasteiger partial charge on any atom is 0.253 e. The van der Waals surface area contributed by atoms with E-state index in [1.54, 1.807) is 13.2 Å². The molecule has 0 radical (unpaired) electrons. The number of likely N-dealkylation sites (tertiary alicyclic amines) is 1. The van der Waals surface area contributed by atoms with Crippen LogP contribution >= 0.6 is 0 Å². The van der Waals surface area contributed by atoms with Gasteiger partial charge >= 0.3 is 0 Å². The number of benzene rings is 2. The van der Waals surface area contributed by atoms with E-state index in [-0.39, 0.29) is 5.91 Å². The first-order valence-corrected chi connectivity index (χ1v) is 13.9. The number of anilines is 1. The van der Waals surface area contributed by atoms with E-state index in [2.05, 4.69) is 79.1 Å². The van der Waals surface area contributed by atoms with Crippen LogP contribution in [0.4, 0.5) is 5.69 Å². The Bertz CT molecular complexity index is 1030.